The highest BCUT2D eigenvalue weighted by atomic mass is 16.3. The summed E-state index contributed by atoms with van der Waals surface area (Å²) in [7, 11) is 0. The van der Waals surface area contributed by atoms with Crippen molar-refractivity contribution < 1.29 is 5.11 Å². The molecule has 0 aromatic rings. The molecule has 12 aliphatic rings. The Bertz CT molecular complexity index is 1400. The zero-order valence-electron chi connectivity index (χ0n) is 47.7. The van der Waals surface area contributed by atoms with Gasteiger partial charge in [0.25, 0.3) is 0 Å². The van der Waals surface area contributed by atoms with Gasteiger partial charge in [0.2, 0.25) is 0 Å². The molecule has 0 aromatic carbocycles. The van der Waals surface area contributed by atoms with Gasteiger partial charge in [0.15, 0.2) is 0 Å². The molecule has 0 heterocycles. The number of rotatable bonds is 6. The first kappa shape index (κ1) is 54.8. The molecule has 2 heteroatoms. The van der Waals surface area contributed by atoms with Crippen LogP contribution in [-0.2, 0) is 0 Å². The molecule has 70 heavy (non-hydrogen) atoms. The van der Waals surface area contributed by atoms with Gasteiger partial charge >= 0.3 is 0 Å². The normalized spacial score (nSPS) is 43.0. The number of unbranched alkanes of at least 4 members (excludes halogenated alkanes) is 1. The molecule has 16 unspecified atom stereocenters. The van der Waals surface area contributed by atoms with Crippen molar-refractivity contribution >= 4 is 6.71 Å². The van der Waals surface area contributed by atoms with Gasteiger partial charge in [0.1, 0.15) is 6.71 Å². The maximum absolute atomic E-state index is 8.91. The molecule has 1 N–H and O–H groups in total. The maximum Gasteiger partial charge on any atom is 0.149 e. The summed E-state index contributed by atoms with van der Waals surface area (Å²) in [6.45, 7) is 10.5. The van der Waals surface area contributed by atoms with Gasteiger partial charge in [-0.3, -0.25) is 0 Å². The second-order valence-corrected chi connectivity index (χ2v) is 29.1. The molecule has 12 rings (SSSR count). The van der Waals surface area contributed by atoms with E-state index in [1.807, 2.05) is 0 Å². The molecule has 16 atom stereocenters. The van der Waals surface area contributed by atoms with Crippen molar-refractivity contribution in [3.8, 4) is 0 Å². The first-order chi connectivity index (χ1) is 34.4. The van der Waals surface area contributed by atoms with Crippen LogP contribution >= 0.6 is 0 Å². The highest BCUT2D eigenvalue weighted by Gasteiger charge is 2.61. The summed E-state index contributed by atoms with van der Waals surface area (Å²) in [4.78, 5) is 0. The van der Waals surface area contributed by atoms with Crippen molar-refractivity contribution in [3.05, 3.63) is 0 Å². The van der Waals surface area contributed by atoms with Gasteiger partial charge in [-0.1, -0.05) is 263 Å². The molecule has 0 bridgehead atoms. The van der Waals surface area contributed by atoms with Crippen LogP contribution in [-0.4, -0.2) is 17.9 Å². The van der Waals surface area contributed by atoms with E-state index >= 15 is 0 Å². The summed E-state index contributed by atoms with van der Waals surface area (Å²) >= 11 is 0. The molecule has 12 fully saturated rings. The Balaban J connectivity index is 0.000000285. The van der Waals surface area contributed by atoms with Crippen molar-refractivity contribution in [3.63, 3.8) is 0 Å². The summed E-state index contributed by atoms with van der Waals surface area (Å²) in [5.41, 5.74) is 0. The summed E-state index contributed by atoms with van der Waals surface area (Å²) in [5.74, 6) is 21.1. The Morgan fingerprint density at radius 1 is 0.314 bits per heavy atom. The summed E-state index contributed by atoms with van der Waals surface area (Å²) in [6.07, 6.45) is 67.5. The minimum Gasteiger partial charge on any atom is -0.393 e. The van der Waals surface area contributed by atoms with Gasteiger partial charge in [-0.05, 0) is 159 Å². The van der Waals surface area contributed by atoms with E-state index in [2.05, 4.69) is 27.7 Å². The Labute approximate surface area is 438 Å². The Morgan fingerprint density at radius 3 is 1.10 bits per heavy atom. The number of hydrogen-bond donors (Lipinski definition) is 1. The quantitative estimate of drug-likeness (QED) is 0.263. The zero-order valence-corrected chi connectivity index (χ0v) is 47.7. The Kier molecular flexibility index (Phi) is 21.8. The monoisotopic (exact) mass is 965 g/mol. The fourth-order valence-corrected chi connectivity index (χ4v) is 22.2. The summed E-state index contributed by atoms with van der Waals surface area (Å²) in [5, 5.41) is 8.91. The number of aliphatic hydroxyl groups excluding tert-OH is 1. The first-order valence-corrected chi connectivity index (χ1v) is 34.1. The minimum atomic E-state index is 0.0359. The maximum atomic E-state index is 8.91. The average Bonchev–Trinajstić information content (AvgIpc) is 3.42. The van der Waals surface area contributed by atoms with E-state index in [0.29, 0.717) is 0 Å². The van der Waals surface area contributed by atoms with E-state index < -0.39 is 0 Å². The molecule has 402 valence electrons. The highest BCUT2D eigenvalue weighted by molar-refractivity contribution is 6.63. The third-order valence-electron chi connectivity index (χ3n) is 25.4. The Hall–Kier alpha value is 0.0249. The standard InChI is InChI=1S/C51H85B.C7H14.C6H12O.C4H10/c1-34-28-29-45(40-23-11-10-22-39(34)40)50-43-26-14-15-27-44(43)51(48-33-36-17-9-8-16-35(36)32-47(48)50)46-30-31-49(42-25-13-12-24-41(42)46)52(37-18-4-2-5-19-37)38-20-6-3-7-21-38;1-7-5-3-2-4-6-7;7-6-4-2-1-3-5-6;1-3-4-2/h34-51H,2-33H2,1H3;7H,2-6H2,1H3;6-7H,1-5H2;3-4H2,1-2H3. The third-order valence-corrected chi connectivity index (χ3v) is 25.4. The second-order valence-electron chi connectivity index (χ2n) is 29.1. The van der Waals surface area contributed by atoms with Gasteiger partial charge in [-0.2, -0.15) is 0 Å². The van der Waals surface area contributed by atoms with Crippen molar-refractivity contribution in [2.45, 2.75) is 334 Å². The topological polar surface area (TPSA) is 20.2 Å². The van der Waals surface area contributed by atoms with E-state index in [0.717, 1.165) is 132 Å². The number of aliphatic hydroxyl groups is 1. The van der Waals surface area contributed by atoms with Crippen LogP contribution in [0.15, 0.2) is 0 Å². The Morgan fingerprint density at radius 2 is 0.671 bits per heavy atom. The van der Waals surface area contributed by atoms with Crippen LogP contribution < -0.4 is 0 Å². The highest BCUT2D eigenvalue weighted by Crippen LogP contribution is 2.68. The van der Waals surface area contributed by atoms with E-state index in [9.17, 15) is 0 Å². The van der Waals surface area contributed by atoms with Gasteiger partial charge in [0, 0.05) is 0 Å². The van der Waals surface area contributed by atoms with Crippen LogP contribution in [0.5, 0.6) is 0 Å². The molecule has 0 aromatic heterocycles. The van der Waals surface area contributed by atoms with Crippen LogP contribution in [0.3, 0.4) is 0 Å². The van der Waals surface area contributed by atoms with Gasteiger partial charge in [0.05, 0.1) is 6.10 Å². The lowest BCUT2D eigenvalue weighted by molar-refractivity contribution is -0.159. The van der Waals surface area contributed by atoms with Crippen molar-refractivity contribution in [2.75, 3.05) is 0 Å². The molecule has 1 nitrogen and oxygen atoms in total. The zero-order chi connectivity index (χ0) is 48.2. The van der Waals surface area contributed by atoms with Crippen LogP contribution in [0.1, 0.15) is 310 Å². The van der Waals surface area contributed by atoms with Crippen LogP contribution in [0, 0.1) is 94.7 Å². The van der Waals surface area contributed by atoms with Gasteiger partial charge in [-0.15, -0.1) is 0 Å². The lowest BCUT2D eigenvalue weighted by atomic mass is 9.21. The fraction of sp³-hybridized carbons (Fsp3) is 1.00. The molecular formula is C68H121BO. The van der Waals surface area contributed by atoms with Gasteiger partial charge < -0.3 is 5.11 Å². The van der Waals surface area contributed by atoms with Crippen molar-refractivity contribution in [1.82, 2.24) is 0 Å². The molecule has 0 spiro atoms. The van der Waals surface area contributed by atoms with Gasteiger partial charge in [-0.25, -0.2) is 0 Å². The molecular weight excluding hydrogens is 844 g/mol. The third kappa shape index (κ3) is 13.4. The summed E-state index contributed by atoms with van der Waals surface area (Å²) < 4.78 is 0. The summed E-state index contributed by atoms with van der Waals surface area (Å²) in [6, 6.07) is 0. The molecule has 0 aliphatic heterocycles. The molecule has 0 saturated heterocycles. The molecule has 12 aliphatic carbocycles. The first-order valence-electron chi connectivity index (χ1n) is 34.1. The van der Waals surface area contributed by atoms with Crippen molar-refractivity contribution in [1.29, 1.82) is 0 Å². The smallest absolute Gasteiger partial charge is 0.149 e. The lowest BCUT2D eigenvalue weighted by Crippen LogP contribution is -2.58. The average molecular weight is 966 g/mol. The largest absolute Gasteiger partial charge is 0.393 e. The van der Waals surface area contributed by atoms with Crippen LogP contribution in [0.2, 0.25) is 17.5 Å². The van der Waals surface area contributed by atoms with Crippen molar-refractivity contribution in [2.24, 2.45) is 94.7 Å². The molecule has 0 amide bonds. The van der Waals surface area contributed by atoms with E-state index in [1.54, 1.807) is 205 Å². The SMILES string of the molecule is CC1CCC(C2C3CCCCC3C(C3CCC(B(C4CCCCC4)C4CCCCC4)C4CCCCC43)C3CC4CCCCC4CC32)C2CCCCC12.CC1CCCCC1.CCCC.OC1CCCCC1. The predicted molar refractivity (Wildman–Crippen MR) is 305 cm³/mol. The van der Waals surface area contributed by atoms with E-state index in [-0.39, 0.29) is 6.10 Å². The second kappa shape index (κ2) is 27.9. The minimum absolute atomic E-state index is 0.0359. The van der Waals surface area contributed by atoms with Crippen LogP contribution in [0.25, 0.3) is 0 Å². The lowest BCUT2D eigenvalue weighted by Gasteiger charge is -2.65. The molecule has 12 saturated carbocycles. The fourth-order valence-electron chi connectivity index (χ4n) is 22.2. The van der Waals surface area contributed by atoms with E-state index in [1.165, 1.54) is 64.2 Å². The number of hydrogen-bond acceptors (Lipinski definition) is 1. The molecule has 0 radical (unpaired) electrons. The number of fused-ring (bicyclic) bond motifs is 5. The van der Waals surface area contributed by atoms with E-state index in [4.69, 9.17) is 5.11 Å². The predicted octanol–water partition coefficient (Wildman–Crippen LogP) is 21.2. The van der Waals surface area contributed by atoms with Crippen LogP contribution in [0.4, 0.5) is 0 Å².